The van der Waals surface area contributed by atoms with Gasteiger partial charge in [-0.15, -0.1) is 0 Å². The summed E-state index contributed by atoms with van der Waals surface area (Å²) in [6.45, 7) is 1.48. The van der Waals surface area contributed by atoms with Crippen molar-refractivity contribution >= 4 is 5.97 Å². The van der Waals surface area contributed by atoms with E-state index in [9.17, 15) is 9.90 Å². The van der Waals surface area contributed by atoms with E-state index < -0.39 is 11.0 Å². The number of carbonyl (C=O) groups is 1. The third kappa shape index (κ3) is 3.99. The zero-order chi connectivity index (χ0) is 20.3. The first-order valence-corrected chi connectivity index (χ1v) is 10.6. The van der Waals surface area contributed by atoms with Crippen LogP contribution in [0.3, 0.4) is 0 Å². The lowest BCUT2D eigenvalue weighted by Crippen LogP contribution is -2.58. The van der Waals surface area contributed by atoms with Gasteiger partial charge in [-0.2, -0.15) is 0 Å². The summed E-state index contributed by atoms with van der Waals surface area (Å²) < 4.78 is 16.7. The van der Waals surface area contributed by atoms with Crippen molar-refractivity contribution in [3.8, 4) is 0 Å². The van der Waals surface area contributed by atoms with Gasteiger partial charge in [0.2, 0.25) is 0 Å². The Morgan fingerprint density at radius 1 is 1.31 bits per heavy atom. The lowest BCUT2D eigenvalue weighted by molar-refractivity contribution is -0.182. The second kappa shape index (κ2) is 8.56. The van der Waals surface area contributed by atoms with Crippen LogP contribution >= 0.6 is 0 Å². The number of methoxy groups -OCH3 is 1. The Kier molecular flexibility index (Phi) is 6.06. The summed E-state index contributed by atoms with van der Waals surface area (Å²) >= 11 is 0. The average molecular weight is 402 g/mol. The molecule has 3 aliphatic rings. The maximum atomic E-state index is 13.2. The van der Waals surface area contributed by atoms with Gasteiger partial charge in [0.05, 0.1) is 18.3 Å². The largest absolute Gasteiger partial charge is 0.460 e. The molecule has 6 heteroatoms. The molecular formula is C23H31NO5. The second-order valence-electron chi connectivity index (χ2n) is 8.50. The molecular weight excluding hydrogens is 370 g/mol. The third-order valence-electron chi connectivity index (χ3n) is 6.78. The fraction of sp³-hybridized carbons (Fsp3) is 0.609. The van der Waals surface area contributed by atoms with E-state index >= 15 is 0 Å². The molecule has 0 radical (unpaired) electrons. The Hall–Kier alpha value is -1.73. The molecule has 2 aliphatic carbocycles. The van der Waals surface area contributed by atoms with Crippen molar-refractivity contribution in [1.82, 2.24) is 5.32 Å². The number of nitrogens with one attached hydrogen (secondary N) is 1. The van der Waals surface area contributed by atoms with E-state index in [2.05, 4.69) is 5.32 Å². The number of rotatable bonds is 7. The summed E-state index contributed by atoms with van der Waals surface area (Å²) in [5.41, 5.74) is -1.08. The highest BCUT2D eigenvalue weighted by Gasteiger charge is 2.60. The Morgan fingerprint density at radius 2 is 2.10 bits per heavy atom. The minimum atomic E-state index is -1.02. The number of hydrogen-bond donors (Lipinski definition) is 2. The van der Waals surface area contributed by atoms with Crippen molar-refractivity contribution in [3.05, 3.63) is 48.0 Å². The molecule has 2 N–H and O–H groups in total. The van der Waals surface area contributed by atoms with Gasteiger partial charge < -0.3 is 24.6 Å². The minimum Gasteiger partial charge on any atom is -0.460 e. The average Bonchev–Trinajstić information content (AvgIpc) is 3.16. The van der Waals surface area contributed by atoms with Gasteiger partial charge in [0.1, 0.15) is 12.0 Å². The highest BCUT2D eigenvalue weighted by Crippen LogP contribution is 2.53. The maximum absolute atomic E-state index is 13.2. The molecule has 0 aromatic heterocycles. The smallest absolute Gasteiger partial charge is 0.319 e. The van der Waals surface area contributed by atoms with Crippen LogP contribution in [0.15, 0.2) is 42.5 Å². The molecule has 29 heavy (non-hydrogen) atoms. The van der Waals surface area contributed by atoms with Crippen LogP contribution in [0.25, 0.3) is 0 Å². The first-order valence-electron chi connectivity index (χ1n) is 10.6. The Morgan fingerprint density at radius 3 is 2.79 bits per heavy atom. The molecule has 0 unspecified atom stereocenters. The summed E-state index contributed by atoms with van der Waals surface area (Å²) in [6.07, 6.45) is 7.44. The quantitative estimate of drug-likeness (QED) is 0.540. The standard InChI is InChI=1S/C23H31NO5/c1-27-20-16-28-13-9-19(20)24-18-8-12-22(14-18,23(26)10-5-11-23)21(25)29-15-17-6-3-2-4-7-17/h2-4,6-8,12,18-20,24,26H,5,9-11,13-16H2,1H3/t18-,19+,20-,22-/m1/s1. The number of ether oxygens (including phenoxy) is 3. The number of hydrogen-bond acceptors (Lipinski definition) is 6. The van der Waals surface area contributed by atoms with Gasteiger partial charge >= 0.3 is 5.97 Å². The maximum Gasteiger partial charge on any atom is 0.319 e. The molecule has 0 amide bonds. The van der Waals surface area contributed by atoms with Crippen LogP contribution in [0, 0.1) is 5.41 Å². The summed E-state index contributed by atoms with van der Waals surface area (Å²) in [7, 11) is 1.70. The number of carbonyl (C=O) groups excluding carboxylic acids is 1. The van der Waals surface area contributed by atoms with Crippen molar-refractivity contribution in [1.29, 1.82) is 0 Å². The third-order valence-corrected chi connectivity index (χ3v) is 6.78. The fourth-order valence-electron chi connectivity index (χ4n) is 4.78. The molecule has 0 spiro atoms. The van der Waals surface area contributed by atoms with Gasteiger partial charge in [0, 0.05) is 25.8 Å². The monoisotopic (exact) mass is 401 g/mol. The van der Waals surface area contributed by atoms with Crippen molar-refractivity contribution in [2.75, 3.05) is 20.3 Å². The summed E-state index contributed by atoms with van der Waals surface area (Å²) in [6, 6.07) is 9.80. The van der Waals surface area contributed by atoms with E-state index in [1.165, 1.54) is 0 Å². The van der Waals surface area contributed by atoms with Crippen LogP contribution in [-0.2, 0) is 25.6 Å². The molecule has 1 aliphatic heterocycles. The predicted octanol–water partition coefficient (Wildman–Crippen LogP) is 2.35. The zero-order valence-corrected chi connectivity index (χ0v) is 17.0. The zero-order valence-electron chi connectivity index (χ0n) is 17.0. The van der Waals surface area contributed by atoms with Gasteiger partial charge in [-0.05, 0) is 37.7 Å². The van der Waals surface area contributed by atoms with Crippen molar-refractivity contribution in [2.45, 2.75) is 62.5 Å². The highest BCUT2D eigenvalue weighted by molar-refractivity contribution is 5.82. The van der Waals surface area contributed by atoms with Crippen molar-refractivity contribution in [3.63, 3.8) is 0 Å². The molecule has 1 aromatic carbocycles. The molecule has 2 fully saturated rings. The molecule has 0 bridgehead atoms. The van der Waals surface area contributed by atoms with Crippen molar-refractivity contribution in [2.24, 2.45) is 5.41 Å². The normalized spacial score (nSPS) is 33.2. The number of aliphatic hydroxyl groups is 1. The van der Waals surface area contributed by atoms with Gasteiger partial charge in [-0.3, -0.25) is 4.79 Å². The van der Waals surface area contributed by atoms with Gasteiger partial charge in [0.25, 0.3) is 0 Å². The summed E-state index contributed by atoms with van der Waals surface area (Å²) in [5.74, 6) is -0.334. The van der Waals surface area contributed by atoms with E-state index in [1.54, 1.807) is 7.11 Å². The van der Waals surface area contributed by atoms with Gasteiger partial charge in [-0.1, -0.05) is 42.5 Å². The molecule has 6 nitrogen and oxygen atoms in total. The van der Waals surface area contributed by atoms with Crippen molar-refractivity contribution < 1.29 is 24.1 Å². The van der Waals surface area contributed by atoms with E-state index in [0.29, 0.717) is 32.5 Å². The van der Waals surface area contributed by atoms with Crippen LogP contribution in [0.2, 0.25) is 0 Å². The Labute approximate surface area is 172 Å². The Bertz CT molecular complexity index is 732. The molecule has 1 saturated heterocycles. The number of benzene rings is 1. The second-order valence-corrected chi connectivity index (χ2v) is 8.50. The minimum absolute atomic E-state index is 0.00958. The van der Waals surface area contributed by atoms with Crippen LogP contribution < -0.4 is 5.32 Å². The van der Waals surface area contributed by atoms with E-state index in [1.807, 2.05) is 42.5 Å². The van der Waals surface area contributed by atoms with E-state index in [4.69, 9.17) is 14.2 Å². The van der Waals surface area contributed by atoms with Crippen LogP contribution in [-0.4, -0.2) is 55.2 Å². The SMILES string of the molecule is CO[C@@H]1COCC[C@@H]1N[C@@H]1C=C[C@@](C(=O)OCc2ccccc2)(C2(O)CCC2)C1. The molecule has 4 atom stereocenters. The molecule has 1 aromatic rings. The van der Waals surface area contributed by atoms with Gasteiger partial charge in [-0.25, -0.2) is 0 Å². The van der Waals surface area contributed by atoms with Crippen LogP contribution in [0.1, 0.15) is 37.7 Å². The molecule has 4 rings (SSSR count). The first kappa shape index (κ1) is 20.5. The lowest BCUT2D eigenvalue weighted by Gasteiger charge is -2.48. The first-order chi connectivity index (χ1) is 14.1. The van der Waals surface area contributed by atoms with Crippen LogP contribution in [0.5, 0.6) is 0 Å². The topological polar surface area (TPSA) is 77.0 Å². The van der Waals surface area contributed by atoms with Crippen LogP contribution in [0.4, 0.5) is 0 Å². The highest BCUT2D eigenvalue weighted by atomic mass is 16.5. The summed E-state index contributed by atoms with van der Waals surface area (Å²) in [5, 5.41) is 14.8. The Balaban J connectivity index is 1.45. The predicted molar refractivity (Wildman–Crippen MR) is 108 cm³/mol. The molecule has 158 valence electrons. The van der Waals surface area contributed by atoms with Gasteiger partial charge in [0.15, 0.2) is 0 Å². The lowest BCUT2D eigenvalue weighted by atomic mass is 9.60. The van der Waals surface area contributed by atoms with E-state index in [-0.39, 0.29) is 30.8 Å². The number of esters is 1. The molecule has 1 heterocycles. The molecule has 1 saturated carbocycles. The fourth-order valence-corrected chi connectivity index (χ4v) is 4.78. The van der Waals surface area contributed by atoms with E-state index in [0.717, 1.165) is 18.4 Å². The summed E-state index contributed by atoms with van der Waals surface area (Å²) in [4.78, 5) is 13.2.